The first-order chi connectivity index (χ1) is 6.21. The Hall–Kier alpha value is -0.960. The number of hydrogen-bond acceptors (Lipinski definition) is 3. The second-order valence-corrected chi connectivity index (χ2v) is 5.26. The van der Waals surface area contributed by atoms with Crippen LogP contribution in [0, 0.1) is 0 Å². The maximum atomic E-state index is 5.98. The summed E-state index contributed by atoms with van der Waals surface area (Å²) in [6.45, 7) is 10.3. The number of aromatic nitrogens is 2. The number of nitrogens with two attached hydrogens (primary N) is 1. The Kier molecular flexibility index (Phi) is 2.63. The molecule has 0 aliphatic rings. The predicted octanol–water partition coefficient (Wildman–Crippen LogP) is 1.97. The molecule has 0 saturated carbocycles. The van der Waals surface area contributed by atoms with Crippen LogP contribution < -0.4 is 5.73 Å². The molecule has 0 amide bonds. The van der Waals surface area contributed by atoms with Crippen LogP contribution in [0.15, 0.2) is 12.4 Å². The molecular formula is C11H19N3. The van der Waals surface area contributed by atoms with Crippen molar-refractivity contribution in [3.8, 4) is 0 Å². The zero-order valence-corrected chi connectivity index (χ0v) is 9.63. The molecule has 3 heteroatoms. The van der Waals surface area contributed by atoms with Gasteiger partial charge in [0, 0.05) is 11.1 Å². The van der Waals surface area contributed by atoms with Crippen molar-refractivity contribution in [2.75, 3.05) is 0 Å². The largest absolute Gasteiger partial charge is 0.321 e. The fourth-order valence-corrected chi connectivity index (χ4v) is 1.12. The molecule has 0 radical (unpaired) electrons. The fraction of sp³-hybridized carbons (Fsp3) is 0.636. The van der Waals surface area contributed by atoms with Crippen molar-refractivity contribution in [3.63, 3.8) is 0 Å². The summed E-state index contributed by atoms with van der Waals surface area (Å²) in [6, 6.07) is 1.99. The van der Waals surface area contributed by atoms with Gasteiger partial charge in [-0.25, -0.2) is 9.97 Å². The molecule has 0 fully saturated rings. The molecule has 0 saturated heterocycles. The number of nitrogens with zero attached hydrogens (tertiary/aromatic N) is 2. The monoisotopic (exact) mass is 193 g/mol. The molecule has 0 bridgehead atoms. The van der Waals surface area contributed by atoms with Crippen molar-refractivity contribution >= 4 is 0 Å². The highest BCUT2D eigenvalue weighted by atomic mass is 14.9. The summed E-state index contributed by atoms with van der Waals surface area (Å²) in [7, 11) is 0. The van der Waals surface area contributed by atoms with Crippen LogP contribution in [0.3, 0.4) is 0 Å². The Morgan fingerprint density at radius 1 is 1.00 bits per heavy atom. The van der Waals surface area contributed by atoms with E-state index in [1.165, 1.54) is 0 Å². The average Bonchev–Trinajstić information content (AvgIpc) is 2.01. The summed E-state index contributed by atoms with van der Waals surface area (Å²) >= 11 is 0. The quantitative estimate of drug-likeness (QED) is 0.742. The van der Waals surface area contributed by atoms with E-state index in [-0.39, 0.29) is 5.41 Å². The van der Waals surface area contributed by atoms with Gasteiger partial charge in [-0.3, -0.25) is 0 Å². The van der Waals surface area contributed by atoms with Gasteiger partial charge in [0.15, 0.2) is 0 Å². The van der Waals surface area contributed by atoms with Crippen LogP contribution in [0.5, 0.6) is 0 Å². The van der Waals surface area contributed by atoms with E-state index in [2.05, 4.69) is 30.7 Å². The van der Waals surface area contributed by atoms with Gasteiger partial charge in [-0.15, -0.1) is 0 Å². The van der Waals surface area contributed by atoms with Gasteiger partial charge in [0.25, 0.3) is 0 Å². The minimum Gasteiger partial charge on any atom is -0.321 e. The smallest absolute Gasteiger partial charge is 0.116 e. The molecule has 78 valence electrons. The summed E-state index contributed by atoms with van der Waals surface area (Å²) in [5, 5.41) is 0. The van der Waals surface area contributed by atoms with E-state index in [0.717, 1.165) is 11.4 Å². The minimum absolute atomic E-state index is 0.0446. The van der Waals surface area contributed by atoms with Crippen molar-refractivity contribution in [2.24, 2.45) is 5.73 Å². The van der Waals surface area contributed by atoms with Crippen molar-refractivity contribution in [3.05, 3.63) is 23.8 Å². The third-order valence-corrected chi connectivity index (χ3v) is 2.10. The van der Waals surface area contributed by atoms with Crippen molar-refractivity contribution in [1.29, 1.82) is 0 Å². The highest BCUT2D eigenvalue weighted by molar-refractivity contribution is 5.20. The van der Waals surface area contributed by atoms with Gasteiger partial charge in [-0.1, -0.05) is 20.8 Å². The van der Waals surface area contributed by atoms with Crippen molar-refractivity contribution in [1.82, 2.24) is 9.97 Å². The summed E-state index contributed by atoms with van der Waals surface area (Å²) < 4.78 is 0. The summed E-state index contributed by atoms with van der Waals surface area (Å²) in [5.41, 5.74) is 7.54. The van der Waals surface area contributed by atoms with Gasteiger partial charge < -0.3 is 5.73 Å². The molecule has 0 unspecified atom stereocenters. The molecule has 14 heavy (non-hydrogen) atoms. The molecule has 1 heterocycles. The first kappa shape index (κ1) is 11.1. The lowest BCUT2D eigenvalue weighted by atomic mass is 9.90. The average molecular weight is 193 g/mol. The van der Waals surface area contributed by atoms with Gasteiger partial charge in [-0.05, 0) is 19.9 Å². The van der Waals surface area contributed by atoms with Gasteiger partial charge >= 0.3 is 0 Å². The lowest BCUT2D eigenvalue weighted by Gasteiger charge is -2.22. The van der Waals surface area contributed by atoms with Crippen LogP contribution in [-0.2, 0) is 11.0 Å². The minimum atomic E-state index is -0.400. The Labute approximate surface area is 85.8 Å². The zero-order chi connectivity index (χ0) is 11.0. The molecule has 0 atom stereocenters. The van der Waals surface area contributed by atoms with Gasteiger partial charge in [0.05, 0.1) is 11.2 Å². The van der Waals surface area contributed by atoms with Crippen molar-refractivity contribution in [2.45, 2.75) is 45.6 Å². The third-order valence-electron chi connectivity index (χ3n) is 2.10. The molecular weight excluding hydrogens is 174 g/mol. The highest BCUT2D eigenvalue weighted by Gasteiger charge is 2.21. The lowest BCUT2D eigenvalue weighted by Crippen LogP contribution is -2.30. The van der Waals surface area contributed by atoms with E-state index >= 15 is 0 Å². The van der Waals surface area contributed by atoms with E-state index < -0.39 is 5.54 Å². The van der Waals surface area contributed by atoms with Gasteiger partial charge in [0.2, 0.25) is 0 Å². The van der Waals surface area contributed by atoms with Crippen LogP contribution in [-0.4, -0.2) is 9.97 Å². The zero-order valence-electron chi connectivity index (χ0n) is 9.63. The Bertz CT molecular complexity index is 289. The Morgan fingerprint density at radius 3 is 1.93 bits per heavy atom. The van der Waals surface area contributed by atoms with E-state index in [1.807, 2.05) is 19.9 Å². The third kappa shape index (κ3) is 2.51. The SMILES string of the molecule is CC(C)(C)c1cc(C(C)(C)N)ncn1. The first-order valence-electron chi connectivity index (χ1n) is 4.83. The number of hydrogen-bond donors (Lipinski definition) is 1. The Balaban J connectivity index is 3.15. The first-order valence-corrected chi connectivity index (χ1v) is 4.83. The fourth-order valence-electron chi connectivity index (χ4n) is 1.12. The maximum absolute atomic E-state index is 5.98. The molecule has 0 aromatic carbocycles. The molecule has 0 aliphatic carbocycles. The maximum Gasteiger partial charge on any atom is 0.116 e. The molecule has 1 aromatic rings. The van der Waals surface area contributed by atoms with Gasteiger partial charge in [-0.2, -0.15) is 0 Å². The van der Waals surface area contributed by atoms with Crippen LogP contribution in [0.1, 0.15) is 46.0 Å². The van der Waals surface area contributed by atoms with Crippen LogP contribution in [0.4, 0.5) is 0 Å². The molecule has 0 aliphatic heterocycles. The van der Waals surface area contributed by atoms with Crippen LogP contribution in [0.25, 0.3) is 0 Å². The summed E-state index contributed by atoms with van der Waals surface area (Å²) in [4.78, 5) is 8.45. The number of rotatable bonds is 1. The lowest BCUT2D eigenvalue weighted by molar-refractivity contribution is 0.517. The van der Waals surface area contributed by atoms with E-state index in [4.69, 9.17) is 5.73 Å². The van der Waals surface area contributed by atoms with Crippen LogP contribution >= 0.6 is 0 Å². The second kappa shape index (κ2) is 3.31. The topological polar surface area (TPSA) is 51.8 Å². The molecule has 3 nitrogen and oxygen atoms in total. The standard InChI is InChI=1S/C11H19N3/c1-10(2,3)8-6-9(11(4,5)12)14-7-13-8/h6-7H,12H2,1-5H3. The van der Waals surface area contributed by atoms with Gasteiger partial charge in [0.1, 0.15) is 6.33 Å². The predicted molar refractivity (Wildman–Crippen MR) is 57.9 cm³/mol. The van der Waals surface area contributed by atoms with Crippen LogP contribution in [0.2, 0.25) is 0 Å². The summed E-state index contributed by atoms with van der Waals surface area (Å²) in [6.07, 6.45) is 1.59. The van der Waals surface area contributed by atoms with E-state index in [0.29, 0.717) is 0 Å². The Morgan fingerprint density at radius 2 is 1.50 bits per heavy atom. The van der Waals surface area contributed by atoms with Crippen molar-refractivity contribution < 1.29 is 0 Å². The summed E-state index contributed by atoms with van der Waals surface area (Å²) in [5.74, 6) is 0. The second-order valence-electron chi connectivity index (χ2n) is 5.26. The molecule has 1 rings (SSSR count). The highest BCUT2D eigenvalue weighted by Crippen LogP contribution is 2.22. The molecule has 0 spiro atoms. The normalized spacial score (nSPS) is 13.0. The molecule has 1 aromatic heterocycles. The van der Waals surface area contributed by atoms with E-state index in [1.54, 1.807) is 6.33 Å². The van der Waals surface area contributed by atoms with E-state index in [9.17, 15) is 0 Å². The molecule has 2 N–H and O–H groups in total.